The van der Waals surface area contributed by atoms with Crippen LogP contribution in [0.1, 0.15) is 43.7 Å². The molecule has 1 N–H and O–H groups in total. The Morgan fingerprint density at radius 2 is 2.07 bits per heavy atom. The third-order valence-electron chi connectivity index (χ3n) is 9.69. The predicted molar refractivity (Wildman–Crippen MR) is 105 cm³/mol. The van der Waals surface area contributed by atoms with Crippen LogP contribution in [0.15, 0.2) is 12.1 Å². The minimum Gasteiger partial charge on any atom is -0.493 e. The molecule has 0 radical (unpaired) electrons. The van der Waals surface area contributed by atoms with E-state index >= 15 is 0 Å². The Morgan fingerprint density at radius 3 is 2.79 bits per heavy atom. The van der Waals surface area contributed by atoms with Gasteiger partial charge in [0.2, 0.25) is 0 Å². The quantitative estimate of drug-likeness (QED) is 0.867. The van der Waals surface area contributed by atoms with E-state index in [0.29, 0.717) is 6.04 Å². The monoisotopic (exact) mass is 385 g/mol. The van der Waals surface area contributed by atoms with E-state index in [2.05, 4.69) is 31.0 Å². The zero-order valence-corrected chi connectivity index (χ0v) is 17.4. The summed E-state index contributed by atoms with van der Waals surface area (Å²) in [4.78, 5) is 2.58. The SMILES string of the molecule is COc1ccc2c3c1O[C@H]1[C@@]4(OC)CC[C@@]5(C[C@]4(C)CO)[C@@H](C2)N(C)CC[C@]315. The van der Waals surface area contributed by atoms with Crippen LogP contribution in [0.5, 0.6) is 11.5 Å². The zero-order chi connectivity index (χ0) is 19.5. The van der Waals surface area contributed by atoms with Crippen molar-refractivity contribution in [2.75, 3.05) is 34.4 Å². The highest BCUT2D eigenvalue weighted by atomic mass is 16.6. The first-order valence-corrected chi connectivity index (χ1v) is 10.7. The van der Waals surface area contributed by atoms with Crippen molar-refractivity contribution in [3.63, 3.8) is 0 Å². The molecule has 1 saturated heterocycles. The Balaban J connectivity index is 1.71. The highest BCUT2D eigenvalue weighted by molar-refractivity contribution is 5.63. The lowest BCUT2D eigenvalue weighted by atomic mass is 9.32. The molecule has 7 rings (SSSR count). The smallest absolute Gasteiger partial charge is 0.165 e. The predicted octanol–water partition coefficient (Wildman–Crippen LogP) is 2.52. The highest BCUT2D eigenvalue weighted by Gasteiger charge is 2.82. The first-order valence-electron chi connectivity index (χ1n) is 10.7. The molecule has 0 aromatic heterocycles. The second kappa shape index (κ2) is 5.05. The zero-order valence-electron chi connectivity index (χ0n) is 17.4. The summed E-state index contributed by atoms with van der Waals surface area (Å²) >= 11 is 0. The minimum atomic E-state index is -0.470. The van der Waals surface area contributed by atoms with Crippen molar-refractivity contribution in [2.24, 2.45) is 10.8 Å². The molecule has 4 fully saturated rings. The number of piperidine rings is 1. The van der Waals surface area contributed by atoms with E-state index in [9.17, 15) is 5.11 Å². The van der Waals surface area contributed by atoms with Gasteiger partial charge in [-0.25, -0.2) is 0 Å². The summed E-state index contributed by atoms with van der Waals surface area (Å²) in [5, 5.41) is 10.6. The molecule has 2 heterocycles. The van der Waals surface area contributed by atoms with Gasteiger partial charge in [-0.1, -0.05) is 13.0 Å². The fourth-order valence-corrected chi connectivity index (χ4v) is 8.59. The van der Waals surface area contributed by atoms with Gasteiger partial charge < -0.3 is 24.2 Å². The Kier molecular flexibility index (Phi) is 3.17. The van der Waals surface area contributed by atoms with Crippen LogP contribution < -0.4 is 9.47 Å². The average molecular weight is 386 g/mol. The molecular formula is C23H31NO4. The van der Waals surface area contributed by atoms with Crippen molar-refractivity contribution in [2.45, 2.75) is 62.2 Å². The summed E-state index contributed by atoms with van der Waals surface area (Å²) < 4.78 is 19.0. The molecule has 2 aliphatic heterocycles. The molecule has 1 aromatic carbocycles. The number of rotatable bonds is 3. The van der Waals surface area contributed by atoms with Crippen LogP contribution in [0.25, 0.3) is 0 Å². The van der Waals surface area contributed by atoms with Crippen molar-refractivity contribution < 1.29 is 19.3 Å². The van der Waals surface area contributed by atoms with Gasteiger partial charge in [0.15, 0.2) is 11.5 Å². The topological polar surface area (TPSA) is 51.2 Å². The number of methoxy groups -OCH3 is 2. The number of ether oxygens (including phenoxy) is 3. The highest BCUT2D eigenvalue weighted by Crippen LogP contribution is 2.78. The van der Waals surface area contributed by atoms with Gasteiger partial charge in [-0.2, -0.15) is 0 Å². The normalized spacial score (nSPS) is 47.6. The lowest BCUT2D eigenvalue weighted by Gasteiger charge is -2.76. The molecule has 1 aromatic rings. The molecule has 152 valence electrons. The van der Waals surface area contributed by atoms with Crippen LogP contribution >= 0.6 is 0 Å². The number of aliphatic hydroxyl groups is 1. The average Bonchev–Trinajstić information content (AvgIpc) is 3.07. The van der Waals surface area contributed by atoms with Crippen molar-refractivity contribution in [1.82, 2.24) is 4.90 Å². The number of hydrogen-bond acceptors (Lipinski definition) is 5. The van der Waals surface area contributed by atoms with E-state index in [1.165, 1.54) is 11.1 Å². The maximum Gasteiger partial charge on any atom is 0.165 e. The Hall–Kier alpha value is -1.30. The fraction of sp³-hybridized carbons (Fsp3) is 0.739. The molecule has 5 heteroatoms. The number of hydrogen-bond donors (Lipinski definition) is 1. The van der Waals surface area contributed by atoms with Crippen LogP contribution in [0.3, 0.4) is 0 Å². The van der Waals surface area contributed by atoms with Gasteiger partial charge in [0, 0.05) is 35.0 Å². The van der Waals surface area contributed by atoms with Crippen molar-refractivity contribution >= 4 is 0 Å². The molecule has 5 nitrogen and oxygen atoms in total. The maximum absolute atomic E-state index is 10.6. The summed E-state index contributed by atoms with van der Waals surface area (Å²) in [6.45, 7) is 3.44. The first-order chi connectivity index (χ1) is 13.4. The van der Waals surface area contributed by atoms with E-state index in [4.69, 9.17) is 14.2 Å². The largest absolute Gasteiger partial charge is 0.493 e. The van der Waals surface area contributed by atoms with Crippen LogP contribution in [-0.2, 0) is 16.6 Å². The van der Waals surface area contributed by atoms with Crippen LogP contribution in [0.4, 0.5) is 0 Å². The van der Waals surface area contributed by atoms with Crippen molar-refractivity contribution in [1.29, 1.82) is 0 Å². The summed E-state index contributed by atoms with van der Waals surface area (Å²) in [6, 6.07) is 4.82. The van der Waals surface area contributed by atoms with Gasteiger partial charge >= 0.3 is 0 Å². The number of benzene rings is 1. The van der Waals surface area contributed by atoms with Gasteiger partial charge in [0.25, 0.3) is 0 Å². The van der Waals surface area contributed by atoms with E-state index in [0.717, 1.165) is 50.1 Å². The molecule has 6 atom stereocenters. The summed E-state index contributed by atoms with van der Waals surface area (Å²) in [6.07, 6.45) is 5.16. The van der Waals surface area contributed by atoms with Gasteiger partial charge in [0.1, 0.15) is 11.7 Å². The third kappa shape index (κ3) is 1.48. The second-order valence-corrected chi connectivity index (χ2v) is 10.2. The molecule has 4 bridgehead atoms. The molecular weight excluding hydrogens is 354 g/mol. The van der Waals surface area contributed by atoms with Gasteiger partial charge in [-0.05, 0) is 57.3 Å². The Morgan fingerprint density at radius 1 is 1.25 bits per heavy atom. The lowest BCUT2D eigenvalue weighted by molar-refractivity contribution is -0.310. The van der Waals surface area contributed by atoms with E-state index in [1.807, 2.05) is 7.11 Å². The first kappa shape index (κ1) is 17.5. The maximum atomic E-state index is 10.6. The van der Waals surface area contributed by atoms with Crippen molar-refractivity contribution in [3.8, 4) is 11.5 Å². The van der Waals surface area contributed by atoms with E-state index in [1.54, 1.807) is 7.11 Å². The Labute approximate surface area is 167 Å². The minimum absolute atomic E-state index is 0.0371. The molecule has 3 saturated carbocycles. The van der Waals surface area contributed by atoms with Crippen LogP contribution in [0, 0.1) is 10.8 Å². The number of fused-ring (bicyclic) bond motifs is 2. The molecule has 28 heavy (non-hydrogen) atoms. The molecule has 4 aliphatic carbocycles. The van der Waals surface area contributed by atoms with Gasteiger partial charge in [0.05, 0.1) is 13.7 Å². The van der Waals surface area contributed by atoms with Crippen LogP contribution in [-0.4, -0.2) is 62.2 Å². The second-order valence-electron chi connectivity index (χ2n) is 10.2. The molecule has 2 spiro atoms. The number of nitrogens with zero attached hydrogens (tertiary/aromatic N) is 1. The third-order valence-corrected chi connectivity index (χ3v) is 9.69. The molecule has 0 amide bonds. The number of likely N-dealkylation sites (tertiary alicyclic amines) is 1. The fourth-order valence-electron chi connectivity index (χ4n) is 8.59. The van der Waals surface area contributed by atoms with E-state index in [-0.39, 0.29) is 29.0 Å². The van der Waals surface area contributed by atoms with Gasteiger partial charge in [-0.3, -0.25) is 0 Å². The van der Waals surface area contributed by atoms with Crippen LogP contribution in [0.2, 0.25) is 0 Å². The standard InChI is InChI=1S/C23H31NO4/c1-20(13-25)12-21-7-8-23(20,27-4)19-22(21)9-10-24(2)16(21)11-14-5-6-15(26-3)18(28-19)17(14)22/h5-6,16,19,25H,7-13H2,1-4H3/t16-,19-,20-,21-,22+,23+/m1/s1. The molecule has 6 aliphatic rings. The lowest BCUT2D eigenvalue weighted by Crippen LogP contribution is -2.83. The summed E-state index contributed by atoms with van der Waals surface area (Å²) in [5.74, 6) is 1.79. The summed E-state index contributed by atoms with van der Waals surface area (Å²) in [7, 11) is 5.84. The summed E-state index contributed by atoms with van der Waals surface area (Å²) in [5.41, 5.74) is 2.13. The van der Waals surface area contributed by atoms with Gasteiger partial charge in [-0.15, -0.1) is 0 Å². The number of aliphatic hydroxyl groups excluding tert-OH is 1. The van der Waals surface area contributed by atoms with Crippen molar-refractivity contribution in [3.05, 3.63) is 23.3 Å². The Bertz CT molecular complexity index is 872. The van der Waals surface area contributed by atoms with E-state index < -0.39 is 5.60 Å². The molecule has 0 unspecified atom stereocenters. The number of likely N-dealkylation sites (N-methyl/N-ethyl adjacent to an activating group) is 1.